The van der Waals surface area contributed by atoms with Crippen LogP contribution in [-0.4, -0.2) is 62.7 Å². The van der Waals surface area contributed by atoms with Gasteiger partial charge in [0, 0.05) is 36.4 Å². The Hall–Kier alpha value is -3.14. The van der Waals surface area contributed by atoms with E-state index in [1.807, 2.05) is 30.3 Å². The summed E-state index contributed by atoms with van der Waals surface area (Å²) in [7, 11) is 3.06. The zero-order valence-electron chi connectivity index (χ0n) is 19.3. The summed E-state index contributed by atoms with van der Waals surface area (Å²) in [6.45, 7) is 0.0968. The van der Waals surface area contributed by atoms with Crippen LogP contribution in [0.25, 0.3) is 0 Å². The molecular weight excluding hydrogens is 440 g/mol. The number of para-hydroxylation sites is 1. The summed E-state index contributed by atoms with van der Waals surface area (Å²) in [4.78, 5) is 24.6. The maximum absolute atomic E-state index is 12.7. The number of hydrogen-bond acceptors (Lipinski definition) is 7. The number of carbonyl (C=O) groups is 2. The summed E-state index contributed by atoms with van der Waals surface area (Å²) >= 11 is 0. The average Bonchev–Trinajstić information content (AvgIpc) is 3.20. The van der Waals surface area contributed by atoms with Crippen LogP contribution in [0.15, 0.2) is 42.5 Å². The number of nitrogens with one attached hydrogen (secondary N) is 2. The van der Waals surface area contributed by atoms with Crippen molar-refractivity contribution in [3.05, 3.63) is 53.6 Å². The fraction of sp³-hybridized carbons (Fsp3) is 0.440. The minimum absolute atomic E-state index is 0.0356. The number of methoxy groups -OCH3 is 2. The number of rotatable bonds is 9. The van der Waals surface area contributed by atoms with Gasteiger partial charge in [0.25, 0.3) is 0 Å². The smallest absolute Gasteiger partial charge is 0.250 e. The molecule has 9 nitrogen and oxygen atoms in total. The lowest BCUT2D eigenvalue weighted by atomic mass is 9.84. The SMILES string of the molecule is COCC(=O)Nc1ccc2c(c1)[C@@H]1C[C@@H](CC(=O)NCc3ccccc3OC)O[C@@H](CO)[C@@H]1O2. The van der Waals surface area contributed by atoms with E-state index in [9.17, 15) is 14.7 Å². The van der Waals surface area contributed by atoms with Crippen molar-refractivity contribution in [3.8, 4) is 11.5 Å². The number of anilines is 1. The van der Waals surface area contributed by atoms with E-state index in [1.54, 1.807) is 19.2 Å². The van der Waals surface area contributed by atoms with Crippen molar-refractivity contribution >= 4 is 17.5 Å². The van der Waals surface area contributed by atoms with Gasteiger partial charge in [0.2, 0.25) is 11.8 Å². The van der Waals surface area contributed by atoms with Crippen molar-refractivity contribution in [2.45, 2.75) is 43.6 Å². The number of carbonyl (C=O) groups excluding carboxylic acids is 2. The Labute approximate surface area is 198 Å². The monoisotopic (exact) mass is 470 g/mol. The second-order valence-electron chi connectivity index (χ2n) is 8.43. The number of benzene rings is 2. The molecule has 182 valence electrons. The van der Waals surface area contributed by atoms with Gasteiger partial charge in [-0.3, -0.25) is 9.59 Å². The first kappa shape index (κ1) is 24.0. The Balaban J connectivity index is 1.42. The largest absolute Gasteiger partial charge is 0.496 e. The second kappa shape index (κ2) is 10.9. The molecule has 0 aromatic heterocycles. The van der Waals surface area contributed by atoms with Gasteiger partial charge >= 0.3 is 0 Å². The third-order valence-electron chi connectivity index (χ3n) is 6.14. The molecule has 2 amide bonds. The zero-order valence-corrected chi connectivity index (χ0v) is 19.3. The van der Waals surface area contributed by atoms with E-state index in [-0.39, 0.29) is 49.6 Å². The summed E-state index contributed by atoms with van der Waals surface area (Å²) in [5.74, 6) is 0.955. The van der Waals surface area contributed by atoms with Crippen molar-refractivity contribution < 1.29 is 33.6 Å². The lowest BCUT2D eigenvalue weighted by molar-refractivity contribution is -0.142. The van der Waals surface area contributed by atoms with Crippen LogP contribution in [-0.2, 0) is 25.6 Å². The first-order valence-electron chi connectivity index (χ1n) is 11.3. The standard InChI is InChI=1S/C25H30N2O7/c1-31-14-24(30)27-16-7-8-21-18(9-16)19-10-17(33-22(13-28)25(19)34-21)11-23(29)26-12-15-5-3-4-6-20(15)32-2/h3-9,17,19,22,25,28H,10-14H2,1-2H3,(H,26,29)(H,27,30)/t17-,19-,22-,25+/m0/s1. The van der Waals surface area contributed by atoms with Crippen LogP contribution >= 0.6 is 0 Å². The lowest BCUT2D eigenvalue weighted by Gasteiger charge is -2.37. The van der Waals surface area contributed by atoms with E-state index in [0.29, 0.717) is 30.2 Å². The molecular formula is C25H30N2O7. The number of aliphatic hydroxyl groups excluding tert-OH is 1. The highest BCUT2D eigenvalue weighted by Gasteiger charge is 2.46. The zero-order chi connectivity index (χ0) is 24.1. The summed E-state index contributed by atoms with van der Waals surface area (Å²) in [5, 5.41) is 15.6. The van der Waals surface area contributed by atoms with E-state index in [4.69, 9.17) is 18.9 Å². The lowest BCUT2D eigenvalue weighted by Crippen LogP contribution is -2.47. The van der Waals surface area contributed by atoms with Crippen LogP contribution in [0.3, 0.4) is 0 Å². The normalized spacial score (nSPS) is 22.8. The van der Waals surface area contributed by atoms with Crippen LogP contribution in [0.4, 0.5) is 5.69 Å². The first-order chi connectivity index (χ1) is 16.5. The number of fused-ring (bicyclic) bond motifs is 3. The van der Waals surface area contributed by atoms with Gasteiger partial charge in [-0.05, 0) is 30.7 Å². The van der Waals surface area contributed by atoms with Gasteiger partial charge in [0.15, 0.2) is 0 Å². The Morgan fingerprint density at radius 1 is 1.15 bits per heavy atom. The van der Waals surface area contributed by atoms with Crippen LogP contribution in [0, 0.1) is 0 Å². The molecule has 0 unspecified atom stereocenters. The van der Waals surface area contributed by atoms with Crippen molar-refractivity contribution in [3.63, 3.8) is 0 Å². The molecule has 2 aromatic rings. The van der Waals surface area contributed by atoms with E-state index in [0.717, 1.165) is 11.1 Å². The topological polar surface area (TPSA) is 115 Å². The van der Waals surface area contributed by atoms with Crippen molar-refractivity contribution in [1.29, 1.82) is 0 Å². The van der Waals surface area contributed by atoms with Crippen LogP contribution in [0.5, 0.6) is 11.5 Å². The van der Waals surface area contributed by atoms with Crippen molar-refractivity contribution in [2.24, 2.45) is 0 Å². The number of ether oxygens (including phenoxy) is 4. The van der Waals surface area contributed by atoms with Crippen LogP contribution in [0.1, 0.15) is 29.9 Å². The second-order valence-corrected chi connectivity index (χ2v) is 8.43. The Morgan fingerprint density at radius 3 is 2.74 bits per heavy atom. The molecule has 2 aromatic carbocycles. The third-order valence-corrected chi connectivity index (χ3v) is 6.14. The molecule has 9 heteroatoms. The first-order valence-corrected chi connectivity index (χ1v) is 11.3. The maximum atomic E-state index is 12.7. The fourth-order valence-electron chi connectivity index (χ4n) is 4.62. The van der Waals surface area contributed by atoms with Gasteiger partial charge in [-0.25, -0.2) is 0 Å². The molecule has 0 spiro atoms. The Bertz CT molecular complexity index is 1030. The third kappa shape index (κ3) is 5.32. The quantitative estimate of drug-likeness (QED) is 0.513. The molecule has 0 bridgehead atoms. The van der Waals surface area contributed by atoms with Gasteiger partial charge in [0.05, 0.1) is 26.2 Å². The van der Waals surface area contributed by atoms with Gasteiger partial charge in [-0.2, -0.15) is 0 Å². The van der Waals surface area contributed by atoms with E-state index in [1.165, 1.54) is 7.11 Å². The molecule has 2 aliphatic heterocycles. The molecule has 1 fully saturated rings. The Morgan fingerprint density at radius 2 is 1.97 bits per heavy atom. The van der Waals surface area contributed by atoms with Gasteiger partial charge in [-0.1, -0.05) is 18.2 Å². The summed E-state index contributed by atoms with van der Waals surface area (Å²) in [6.07, 6.45) is -0.555. The molecule has 0 saturated carbocycles. The predicted molar refractivity (Wildman–Crippen MR) is 124 cm³/mol. The molecule has 1 saturated heterocycles. The summed E-state index contributed by atoms with van der Waals surface area (Å²) in [5.41, 5.74) is 2.46. The summed E-state index contributed by atoms with van der Waals surface area (Å²) < 4.78 is 22.3. The minimum Gasteiger partial charge on any atom is -0.496 e. The molecule has 34 heavy (non-hydrogen) atoms. The van der Waals surface area contributed by atoms with E-state index >= 15 is 0 Å². The number of amides is 2. The summed E-state index contributed by atoms with van der Waals surface area (Å²) in [6, 6.07) is 13.0. The van der Waals surface area contributed by atoms with Crippen LogP contribution < -0.4 is 20.1 Å². The predicted octanol–water partition coefficient (Wildman–Crippen LogP) is 1.98. The Kier molecular flexibility index (Phi) is 7.66. The molecule has 0 radical (unpaired) electrons. The maximum Gasteiger partial charge on any atom is 0.250 e. The van der Waals surface area contributed by atoms with Crippen molar-refractivity contribution in [2.75, 3.05) is 32.8 Å². The van der Waals surface area contributed by atoms with Gasteiger partial charge in [0.1, 0.15) is 30.3 Å². The number of aliphatic hydroxyl groups is 1. The van der Waals surface area contributed by atoms with Gasteiger partial charge < -0.3 is 34.7 Å². The number of hydrogen-bond donors (Lipinski definition) is 3. The van der Waals surface area contributed by atoms with Crippen LogP contribution in [0.2, 0.25) is 0 Å². The molecule has 2 aliphatic rings. The van der Waals surface area contributed by atoms with E-state index in [2.05, 4.69) is 10.6 Å². The average molecular weight is 471 g/mol. The highest BCUT2D eigenvalue weighted by molar-refractivity contribution is 5.92. The fourth-order valence-corrected chi connectivity index (χ4v) is 4.62. The highest BCUT2D eigenvalue weighted by Crippen LogP contribution is 2.47. The molecule has 4 rings (SSSR count). The molecule has 4 atom stereocenters. The van der Waals surface area contributed by atoms with Gasteiger partial charge in [-0.15, -0.1) is 0 Å². The molecule has 2 heterocycles. The van der Waals surface area contributed by atoms with E-state index < -0.39 is 6.10 Å². The molecule has 3 N–H and O–H groups in total. The van der Waals surface area contributed by atoms with Crippen molar-refractivity contribution in [1.82, 2.24) is 5.32 Å². The molecule has 0 aliphatic carbocycles. The minimum atomic E-state index is -0.551. The highest BCUT2D eigenvalue weighted by atomic mass is 16.6.